The van der Waals surface area contributed by atoms with Crippen molar-refractivity contribution in [3.8, 4) is 0 Å². The summed E-state index contributed by atoms with van der Waals surface area (Å²) in [5.41, 5.74) is 0. The van der Waals surface area contributed by atoms with Gasteiger partial charge in [-0.05, 0) is 96.3 Å². The molecule has 19 heteroatoms. The smallest absolute Gasteiger partial charge is 0.220 e. The third kappa shape index (κ3) is 40.3. The molecule has 19 nitrogen and oxygen atoms in total. The minimum absolute atomic E-state index is 0.215. The largest absolute Gasteiger partial charge is 0.394 e. The van der Waals surface area contributed by atoms with Crippen molar-refractivity contribution in [2.75, 3.05) is 26.4 Å². The number of rotatable bonds is 59. The van der Waals surface area contributed by atoms with Crippen LogP contribution in [0.2, 0.25) is 0 Å². The van der Waals surface area contributed by atoms with Crippen molar-refractivity contribution in [2.24, 2.45) is 0 Å². The molecule has 3 rings (SSSR count). The van der Waals surface area contributed by atoms with Gasteiger partial charge in [-0.15, -0.1) is 0 Å². The molecule has 0 saturated carbocycles. The van der Waals surface area contributed by atoms with E-state index in [2.05, 4.69) is 116 Å². The molecular formula is C80H137NO18. The summed E-state index contributed by atoms with van der Waals surface area (Å²) in [6.45, 7) is 1.60. The van der Waals surface area contributed by atoms with Gasteiger partial charge in [-0.25, -0.2) is 0 Å². The second kappa shape index (κ2) is 59.8. The van der Waals surface area contributed by atoms with Crippen LogP contribution in [0.3, 0.4) is 0 Å². The van der Waals surface area contributed by atoms with Gasteiger partial charge in [-0.3, -0.25) is 4.79 Å². The Morgan fingerprint density at radius 2 is 0.707 bits per heavy atom. The van der Waals surface area contributed by atoms with Gasteiger partial charge in [0.15, 0.2) is 18.9 Å². The molecule has 1 amide bonds. The third-order valence-electron chi connectivity index (χ3n) is 18.5. The maximum Gasteiger partial charge on any atom is 0.220 e. The number of unbranched alkanes of at least 4 members (excludes halogenated alkanes) is 27. The highest BCUT2D eigenvalue weighted by Gasteiger charge is 2.53. The Hall–Kier alpha value is -3.55. The number of hydrogen-bond acceptors (Lipinski definition) is 18. The van der Waals surface area contributed by atoms with Crippen LogP contribution in [-0.2, 0) is 33.2 Å². The van der Waals surface area contributed by atoms with Crippen LogP contribution < -0.4 is 5.32 Å². The van der Waals surface area contributed by atoms with E-state index < -0.39 is 124 Å². The summed E-state index contributed by atoms with van der Waals surface area (Å²) >= 11 is 0. The number of aliphatic hydroxyl groups excluding tert-OH is 11. The average Bonchev–Trinajstić information content (AvgIpc) is 0.784. The SMILES string of the molecule is CC/C=C\C/C=C\C/C=C\C/C=C\C/C=C\C/C=C\CCCCCCCCCCC(=O)NC(COC1OC(CO)C(OC2OC(CO)C(OC3OC(CO)C(O)C(O)C3O)C(O)C2O)C(O)C1O)C(O)/C=C/CC/C=C/CC/C=C/CCCCCCCCCCCCCCCCCCC. The minimum Gasteiger partial charge on any atom is -0.394 e. The van der Waals surface area contributed by atoms with E-state index in [1.807, 2.05) is 6.08 Å². The van der Waals surface area contributed by atoms with Crippen LogP contribution in [0.4, 0.5) is 0 Å². The lowest BCUT2D eigenvalue weighted by molar-refractivity contribution is -0.379. The van der Waals surface area contributed by atoms with Crippen LogP contribution in [0.5, 0.6) is 0 Å². The zero-order valence-corrected chi connectivity index (χ0v) is 60.7. The number of amides is 1. The van der Waals surface area contributed by atoms with Gasteiger partial charge < -0.3 is 89.9 Å². The van der Waals surface area contributed by atoms with Crippen molar-refractivity contribution < 1.29 is 89.4 Å². The summed E-state index contributed by atoms with van der Waals surface area (Å²) < 4.78 is 34.4. The molecule has 3 heterocycles. The number of allylic oxidation sites excluding steroid dienone is 17. The summed E-state index contributed by atoms with van der Waals surface area (Å²) in [4.78, 5) is 13.5. The second-order valence-electron chi connectivity index (χ2n) is 27.1. The van der Waals surface area contributed by atoms with Crippen molar-refractivity contribution in [1.82, 2.24) is 5.32 Å². The highest BCUT2D eigenvalue weighted by atomic mass is 16.8. The topological polar surface area (TPSA) is 307 Å². The quantitative estimate of drug-likeness (QED) is 0.0199. The lowest BCUT2D eigenvalue weighted by atomic mass is 9.96. The maximum atomic E-state index is 13.5. The van der Waals surface area contributed by atoms with E-state index in [0.717, 1.165) is 109 Å². The van der Waals surface area contributed by atoms with Crippen LogP contribution >= 0.6 is 0 Å². The first kappa shape index (κ1) is 89.7. The first-order valence-electron chi connectivity index (χ1n) is 38.6. The zero-order chi connectivity index (χ0) is 71.8. The second-order valence-corrected chi connectivity index (χ2v) is 27.1. The third-order valence-corrected chi connectivity index (χ3v) is 18.5. The van der Waals surface area contributed by atoms with Crippen LogP contribution in [0, 0.1) is 0 Å². The van der Waals surface area contributed by atoms with Gasteiger partial charge in [-0.2, -0.15) is 0 Å². The fraction of sp³-hybridized carbons (Fsp3) is 0.762. The fourth-order valence-corrected chi connectivity index (χ4v) is 12.3. The summed E-state index contributed by atoms with van der Waals surface area (Å²) in [6.07, 6.45) is 54.9. The molecule has 99 heavy (non-hydrogen) atoms. The molecule has 570 valence electrons. The van der Waals surface area contributed by atoms with E-state index in [1.54, 1.807) is 6.08 Å². The standard InChI is InChI=1S/C80H137NO18/c1-3-5-7-9-11-13-15-17-19-21-23-25-27-29-31-33-35-37-39-41-43-45-47-49-51-53-55-57-64(85)63(81-68(86)58-56-54-52-50-48-46-44-42-40-38-36-34-32-30-28-26-24-22-20-18-16-14-12-10-8-6-4-2)62-94-78-74(92)71(89)76(66(60-83)96-78)99-80-75(93)72(90)77(67(61-84)97-80)98-79-73(91)70(88)69(87)65(59-82)95-79/h6,8,12,14,18,20,24,26,30,32,36,38-39,41,47,49,55,57,63-67,69-80,82-85,87-93H,3-5,7,9-11,13,15-17,19,21-23,25,27-29,31,33-35,37,40,42-46,48,50-54,56,58-62H2,1-2H3,(H,81,86)/b8-6-,14-12-,20-18-,26-24-,32-30-,38-36-,41-39+,49-47+,57-55+. The van der Waals surface area contributed by atoms with E-state index in [-0.39, 0.29) is 18.9 Å². The Balaban J connectivity index is 1.43. The number of nitrogens with one attached hydrogen (secondary N) is 1. The summed E-state index contributed by atoms with van der Waals surface area (Å²) in [6, 6.07) is -1.01. The summed E-state index contributed by atoms with van der Waals surface area (Å²) in [5, 5.41) is 121. The van der Waals surface area contributed by atoms with Crippen LogP contribution in [0.15, 0.2) is 109 Å². The van der Waals surface area contributed by atoms with Crippen LogP contribution in [0.1, 0.15) is 258 Å². The number of carbonyl (C=O) groups excluding carboxylic acids is 1. The molecule has 0 aromatic rings. The lowest BCUT2D eigenvalue weighted by Gasteiger charge is -2.48. The predicted molar refractivity (Wildman–Crippen MR) is 392 cm³/mol. The lowest BCUT2D eigenvalue weighted by Crippen LogP contribution is -2.66. The molecule has 3 aliphatic heterocycles. The van der Waals surface area contributed by atoms with E-state index >= 15 is 0 Å². The molecule has 3 aliphatic rings. The molecule has 12 N–H and O–H groups in total. The van der Waals surface area contributed by atoms with Gasteiger partial charge in [0.2, 0.25) is 5.91 Å². The van der Waals surface area contributed by atoms with Gasteiger partial charge in [-0.1, -0.05) is 264 Å². The van der Waals surface area contributed by atoms with Crippen LogP contribution in [0.25, 0.3) is 0 Å². The molecule has 3 fully saturated rings. The Bertz CT molecular complexity index is 2220. The normalized spacial score (nSPS) is 27.2. The van der Waals surface area contributed by atoms with E-state index in [4.69, 9.17) is 28.4 Å². The number of hydrogen-bond donors (Lipinski definition) is 12. The summed E-state index contributed by atoms with van der Waals surface area (Å²) in [5.74, 6) is -0.301. The molecule has 0 radical (unpaired) electrons. The molecule has 0 bridgehead atoms. The minimum atomic E-state index is -1.99. The predicted octanol–water partition coefficient (Wildman–Crippen LogP) is 12.2. The number of ether oxygens (including phenoxy) is 6. The Morgan fingerprint density at radius 1 is 0.374 bits per heavy atom. The van der Waals surface area contributed by atoms with Crippen molar-refractivity contribution in [2.45, 2.75) is 362 Å². The van der Waals surface area contributed by atoms with Gasteiger partial charge in [0, 0.05) is 6.42 Å². The van der Waals surface area contributed by atoms with Crippen LogP contribution in [-0.4, -0.2) is 193 Å². The molecule has 0 aromatic carbocycles. The zero-order valence-electron chi connectivity index (χ0n) is 60.7. The van der Waals surface area contributed by atoms with Gasteiger partial charge in [0.05, 0.1) is 38.6 Å². The monoisotopic (exact) mass is 1400 g/mol. The number of aliphatic hydroxyl groups is 11. The highest BCUT2D eigenvalue weighted by molar-refractivity contribution is 5.76. The Morgan fingerprint density at radius 3 is 1.13 bits per heavy atom. The average molecular weight is 1400 g/mol. The van der Waals surface area contributed by atoms with Gasteiger partial charge in [0.25, 0.3) is 0 Å². The molecular weight excluding hydrogens is 1260 g/mol. The molecule has 3 saturated heterocycles. The highest BCUT2D eigenvalue weighted by Crippen LogP contribution is 2.33. The van der Waals surface area contributed by atoms with Crippen molar-refractivity contribution >= 4 is 5.91 Å². The Labute approximate surface area is 595 Å². The van der Waals surface area contributed by atoms with E-state index in [9.17, 15) is 61.0 Å². The summed E-state index contributed by atoms with van der Waals surface area (Å²) in [7, 11) is 0. The van der Waals surface area contributed by atoms with Gasteiger partial charge in [0.1, 0.15) is 73.2 Å². The van der Waals surface area contributed by atoms with Crippen molar-refractivity contribution in [1.29, 1.82) is 0 Å². The van der Waals surface area contributed by atoms with Crippen molar-refractivity contribution in [3.05, 3.63) is 109 Å². The molecule has 17 unspecified atom stereocenters. The molecule has 0 spiro atoms. The van der Waals surface area contributed by atoms with Gasteiger partial charge >= 0.3 is 0 Å². The fourth-order valence-electron chi connectivity index (χ4n) is 12.3. The molecule has 0 aliphatic carbocycles. The Kier molecular flexibility index (Phi) is 54.2. The van der Waals surface area contributed by atoms with E-state index in [0.29, 0.717) is 12.8 Å². The van der Waals surface area contributed by atoms with Crippen molar-refractivity contribution in [3.63, 3.8) is 0 Å². The first-order valence-corrected chi connectivity index (χ1v) is 38.6. The molecule has 17 atom stereocenters. The first-order chi connectivity index (χ1) is 48.3. The maximum absolute atomic E-state index is 13.5. The van der Waals surface area contributed by atoms with E-state index in [1.165, 1.54) is 116 Å². The molecule has 0 aromatic heterocycles. The number of carbonyl (C=O) groups is 1.